The molecule has 34 heavy (non-hydrogen) atoms. The van der Waals surface area contributed by atoms with Crippen LogP contribution in [-0.4, -0.2) is 68.3 Å². The van der Waals surface area contributed by atoms with Crippen LogP contribution < -0.4 is 10.0 Å². The Morgan fingerprint density at radius 3 is 2.50 bits per heavy atom. The van der Waals surface area contributed by atoms with Gasteiger partial charge in [-0.2, -0.15) is 17.7 Å². The molecule has 0 radical (unpaired) electrons. The predicted molar refractivity (Wildman–Crippen MR) is 129 cm³/mol. The maximum atomic E-state index is 12.8. The standard InChI is InChI=1S/C21H31N5O6S2/c1-4-13-33(28,29)25-9-6-10-26(12-11-25)34(30,31)24-20(27)19-15-32-21(23-19)22-18-14-17(5-2)8-7-16(18)3/h7-8,14-15H,4-6,9-13H2,1-3H3,(H,22,23)(H,24,27). The number of carbonyl (C=O) groups is 1. The van der Waals surface area contributed by atoms with Crippen molar-refractivity contribution in [1.29, 1.82) is 0 Å². The number of aryl methyl sites for hydroxylation is 2. The lowest BCUT2D eigenvalue weighted by Gasteiger charge is -2.21. The summed E-state index contributed by atoms with van der Waals surface area (Å²) in [5.41, 5.74) is 2.65. The van der Waals surface area contributed by atoms with Gasteiger partial charge in [-0.3, -0.25) is 4.79 Å². The van der Waals surface area contributed by atoms with Gasteiger partial charge in [-0.25, -0.2) is 17.4 Å². The molecule has 11 nitrogen and oxygen atoms in total. The maximum Gasteiger partial charge on any atom is 0.304 e. The maximum absolute atomic E-state index is 12.8. The van der Waals surface area contributed by atoms with Gasteiger partial charge in [0.1, 0.15) is 6.26 Å². The number of aromatic nitrogens is 1. The lowest BCUT2D eigenvalue weighted by Crippen LogP contribution is -2.45. The summed E-state index contributed by atoms with van der Waals surface area (Å²) < 4.78 is 59.8. The van der Waals surface area contributed by atoms with Crippen LogP contribution in [0, 0.1) is 6.92 Å². The minimum atomic E-state index is -4.19. The number of carbonyl (C=O) groups excluding carboxylic acids is 1. The molecule has 3 rings (SSSR count). The first-order chi connectivity index (χ1) is 16.1. The largest absolute Gasteiger partial charge is 0.431 e. The van der Waals surface area contributed by atoms with Gasteiger partial charge in [0.05, 0.1) is 5.75 Å². The molecule has 1 aliphatic rings. The van der Waals surface area contributed by atoms with Gasteiger partial charge < -0.3 is 9.73 Å². The number of hydrogen-bond donors (Lipinski definition) is 2. The zero-order chi connectivity index (χ0) is 24.9. The summed E-state index contributed by atoms with van der Waals surface area (Å²) in [6.45, 7) is 6.04. The van der Waals surface area contributed by atoms with E-state index < -0.39 is 26.1 Å². The average Bonchev–Trinajstić information content (AvgIpc) is 3.08. The van der Waals surface area contributed by atoms with E-state index in [1.54, 1.807) is 6.92 Å². The summed E-state index contributed by atoms with van der Waals surface area (Å²) in [4.78, 5) is 16.6. The number of amides is 1. The van der Waals surface area contributed by atoms with Crippen molar-refractivity contribution in [2.24, 2.45) is 0 Å². The fourth-order valence-electron chi connectivity index (χ4n) is 3.58. The SMILES string of the molecule is CCCS(=O)(=O)N1CCCN(S(=O)(=O)NC(=O)c2coc(Nc3cc(CC)ccc3C)n2)CC1. The fourth-order valence-corrected chi connectivity index (χ4v) is 6.28. The Kier molecular flexibility index (Phi) is 8.34. The second-order valence-corrected chi connectivity index (χ2v) is 11.8. The molecule has 188 valence electrons. The monoisotopic (exact) mass is 513 g/mol. The predicted octanol–water partition coefficient (Wildman–Crippen LogP) is 2.01. The Balaban J connectivity index is 1.65. The number of oxazole rings is 1. The topological polar surface area (TPSA) is 142 Å². The molecule has 0 unspecified atom stereocenters. The van der Waals surface area contributed by atoms with Crippen LogP contribution in [0.2, 0.25) is 0 Å². The first kappa shape index (κ1) is 26.1. The smallest absolute Gasteiger partial charge is 0.304 e. The van der Waals surface area contributed by atoms with Gasteiger partial charge in [0, 0.05) is 31.9 Å². The molecule has 0 aliphatic carbocycles. The fraction of sp³-hybridized carbons (Fsp3) is 0.524. The van der Waals surface area contributed by atoms with Crippen molar-refractivity contribution in [1.82, 2.24) is 18.3 Å². The van der Waals surface area contributed by atoms with Crippen LogP contribution in [0.25, 0.3) is 0 Å². The van der Waals surface area contributed by atoms with Crippen LogP contribution in [0.15, 0.2) is 28.9 Å². The molecule has 2 aromatic rings. The second kappa shape index (κ2) is 10.8. The molecule has 0 spiro atoms. The summed E-state index contributed by atoms with van der Waals surface area (Å²) >= 11 is 0. The molecule has 13 heteroatoms. The van der Waals surface area contributed by atoms with E-state index >= 15 is 0 Å². The Hall–Kier alpha value is -2.48. The zero-order valence-corrected chi connectivity index (χ0v) is 21.2. The summed E-state index contributed by atoms with van der Waals surface area (Å²) in [7, 11) is -7.62. The van der Waals surface area contributed by atoms with E-state index in [4.69, 9.17) is 4.42 Å². The number of nitrogens with zero attached hydrogens (tertiary/aromatic N) is 3. The number of nitrogens with one attached hydrogen (secondary N) is 2. The molecule has 2 heterocycles. The number of anilines is 2. The van der Waals surface area contributed by atoms with Crippen LogP contribution in [0.1, 0.15) is 48.3 Å². The quantitative estimate of drug-likeness (QED) is 0.519. The third-order valence-electron chi connectivity index (χ3n) is 5.52. The van der Waals surface area contributed by atoms with E-state index in [1.807, 2.05) is 36.8 Å². The lowest BCUT2D eigenvalue weighted by atomic mass is 10.1. The average molecular weight is 514 g/mol. The highest BCUT2D eigenvalue weighted by Gasteiger charge is 2.31. The molecular weight excluding hydrogens is 482 g/mol. The number of rotatable bonds is 9. The van der Waals surface area contributed by atoms with Gasteiger partial charge in [-0.1, -0.05) is 26.0 Å². The minimum Gasteiger partial charge on any atom is -0.431 e. The normalized spacial score (nSPS) is 16.2. The molecular formula is C21H31N5O6S2. The van der Waals surface area contributed by atoms with Gasteiger partial charge in [0.2, 0.25) is 10.0 Å². The first-order valence-corrected chi connectivity index (χ1v) is 14.2. The van der Waals surface area contributed by atoms with E-state index in [2.05, 4.69) is 10.3 Å². The molecule has 1 aromatic carbocycles. The van der Waals surface area contributed by atoms with E-state index in [0.717, 1.165) is 33.8 Å². The highest BCUT2D eigenvalue weighted by molar-refractivity contribution is 7.89. The van der Waals surface area contributed by atoms with Gasteiger partial charge >= 0.3 is 10.2 Å². The van der Waals surface area contributed by atoms with Gasteiger partial charge in [0.25, 0.3) is 11.9 Å². The minimum absolute atomic E-state index is 0.0152. The molecule has 1 amide bonds. The lowest BCUT2D eigenvalue weighted by molar-refractivity contribution is 0.0974. The molecule has 1 aliphatic heterocycles. The molecule has 2 N–H and O–H groups in total. The second-order valence-electron chi connectivity index (χ2n) is 8.07. The van der Waals surface area contributed by atoms with E-state index in [0.29, 0.717) is 12.8 Å². The van der Waals surface area contributed by atoms with Gasteiger partial charge in [0.15, 0.2) is 5.69 Å². The molecule has 1 saturated heterocycles. The van der Waals surface area contributed by atoms with E-state index in [9.17, 15) is 21.6 Å². The Morgan fingerprint density at radius 1 is 1.09 bits per heavy atom. The van der Waals surface area contributed by atoms with Crippen LogP contribution in [0.3, 0.4) is 0 Å². The Bertz CT molecular complexity index is 1230. The van der Waals surface area contributed by atoms with Crippen molar-refractivity contribution in [3.8, 4) is 0 Å². The van der Waals surface area contributed by atoms with Crippen molar-refractivity contribution in [3.05, 3.63) is 41.3 Å². The third kappa shape index (κ3) is 6.34. The number of hydrogen-bond acceptors (Lipinski definition) is 8. The van der Waals surface area contributed by atoms with Crippen molar-refractivity contribution < 1.29 is 26.0 Å². The summed E-state index contributed by atoms with van der Waals surface area (Å²) in [5.74, 6) is -0.920. The van der Waals surface area contributed by atoms with Crippen LogP contribution in [0.4, 0.5) is 11.7 Å². The molecule has 1 aromatic heterocycles. The molecule has 0 bridgehead atoms. The van der Waals surface area contributed by atoms with Crippen LogP contribution in [0.5, 0.6) is 0 Å². The molecule has 1 fully saturated rings. The van der Waals surface area contributed by atoms with Crippen molar-refractivity contribution in [2.45, 2.75) is 40.0 Å². The van der Waals surface area contributed by atoms with E-state index in [-0.39, 0.29) is 43.6 Å². The van der Waals surface area contributed by atoms with Gasteiger partial charge in [-0.05, 0) is 43.4 Å². The number of benzene rings is 1. The summed E-state index contributed by atoms with van der Waals surface area (Å²) in [6.07, 6.45) is 2.74. The van der Waals surface area contributed by atoms with Crippen molar-refractivity contribution >= 4 is 37.8 Å². The highest BCUT2D eigenvalue weighted by atomic mass is 32.2. The first-order valence-electron chi connectivity index (χ1n) is 11.2. The van der Waals surface area contributed by atoms with Gasteiger partial charge in [-0.15, -0.1) is 0 Å². The zero-order valence-electron chi connectivity index (χ0n) is 19.6. The van der Waals surface area contributed by atoms with E-state index in [1.165, 1.54) is 4.31 Å². The molecule has 0 atom stereocenters. The van der Waals surface area contributed by atoms with Crippen LogP contribution >= 0.6 is 0 Å². The third-order valence-corrected chi connectivity index (χ3v) is 9.08. The number of sulfonamides is 1. The van der Waals surface area contributed by atoms with Crippen molar-refractivity contribution in [2.75, 3.05) is 37.2 Å². The molecule has 0 saturated carbocycles. The van der Waals surface area contributed by atoms with Crippen LogP contribution in [-0.2, 0) is 26.7 Å². The summed E-state index contributed by atoms with van der Waals surface area (Å²) in [5, 5.41) is 3.01. The summed E-state index contributed by atoms with van der Waals surface area (Å²) in [6, 6.07) is 5.99. The Morgan fingerprint density at radius 2 is 1.79 bits per heavy atom. The highest BCUT2D eigenvalue weighted by Crippen LogP contribution is 2.22. The Labute approximate surface area is 200 Å². The van der Waals surface area contributed by atoms with Crippen molar-refractivity contribution in [3.63, 3.8) is 0 Å².